The van der Waals surface area contributed by atoms with Crippen molar-refractivity contribution >= 4 is 11.6 Å². The molecular weight excluding hydrogens is 372 g/mol. The molecule has 1 aliphatic heterocycles. The van der Waals surface area contributed by atoms with Gasteiger partial charge in [-0.05, 0) is 81.4 Å². The van der Waals surface area contributed by atoms with Gasteiger partial charge in [0.2, 0.25) is 5.91 Å². The molecule has 1 saturated carbocycles. The van der Waals surface area contributed by atoms with Crippen LogP contribution in [0.5, 0.6) is 0 Å². The summed E-state index contributed by atoms with van der Waals surface area (Å²) in [7, 11) is 2.26. The van der Waals surface area contributed by atoms with Crippen LogP contribution in [0.4, 0.5) is 5.69 Å². The van der Waals surface area contributed by atoms with E-state index in [4.69, 9.17) is 0 Å². The number of hydrogen-bond acceptors (Lipinski definition) is 4. The predicted octanol–water partition coefficient (Wildman–Crippen LogP) is 4.08. The molecule has 1 N–H and O–H groups in total. The lowest BCUT2D eigenvalue weighted by Crippen LogP contribution is -2.37. The molecule has 30 heavy (non-hydrogen) atoms. The molecule has 2 heterocycles. The zero-order chi connectivity index (χ0) is 21.1. The van der Waals surface area contributed by atoms with Gasteiger partial charge in [-0.3, -0.25) is 19.6 Å². The first-order chi connectivity index (χ1) is 14.5. The molecule has 0 radical (unpaired) electrons. The minimum atomic E-state index is -0.0243. The first kappa shape index (κ1) is 21.0. The Morgan fingerprint density at radius 1 is 1.17 bits per heavy atom. The predicted molar refractivity (Wildman–Crippen MR) is 121 cm³/mol. The first-order valence-corrected chi connectivity index (χ1v) is 11.2. The SMILES string of the molecule is CC(=O)Nc1ccc(CN2CC[C@@H]3C[C@H](N(C)Cc4cccc(C)n4)C[C@@H]3C2)cc1. The zero-order valence-corrected chi connectivity index (χ0v) is 18.5. The minimum absolute atomic E-state index is 0.0243. The molecule has 1 aromatic carbocycles. The number of aryl methyl sites for hydroxylation is 1. The number of amides is 1. The molecule has 0 unspecified atom stereocenters. The van der Waals surface area contributed by atoms with E-state index in [1.165, 1.54) is 43.6 Å². The Morgan fingerprint density at radius 3 is 2.67 bits per heavy atom. The molecule has 0 bridgehead atoms. The fourth-order valence-corrected chi connectivity index (χ4v) is 5.26. The lowest BCUT2D eigenvalue weighted by Gasteiger charge is -2.35. The van der Waals surface area contributed by atoms with Gasteiger partial charge in [0, 0.05) is 44.0 Å². The van der Waals surface area contributed by atoms with Crippen molar-refractivity contribution in [3.05, 3.63) is 59.4 Å². The number of pyridine rings is 1. The molecule has 1 aromatic heterocycles. The van der Waals surface area contributed by atoms with Gasteiger partial charge in [0.15, 0.2) is 0 Å². The average Bonchev–Trinajstić information content (AvgIpc) is 3.13. The Labute approximate surface area is 180 Å². The van der Waals surface area contributed by atoms with E-state index in [1.807, 2.05) is 12.1 Å². The Bertz CT molecular complexity index is 866. The van der Waals surface area contributed by atoms with Crippen molar-refractivity contribution in [1.82, 2.24) is 14.8 Å². The fourth-order valence-electron chi connectivity index (χ4n) is 5.26. The van der Waals surface area contributed by atoms with Crippen LogP contribution in [0, 0.1) is 18.8 Å². The Hall–Kier alpha value is -2.24. The molecule has 1 amide bonds. The number of benzene rings is 1. The molecular formula is C25H34N4O. The maximum Gasteiger partial charge on any atom is 0.221 e. The Morgan fingerprint density at radius 2 is 1.93 bits per heavy atom. The number of anilines is 1. The Kier molecular flexibility index (Phi) is 6.49. The van der Waals surface area contributed by atoms with Gasteiger partial charge in [-0.25, -0.2) is 0 Å². The second-order valence-corrected chi connectivity index (χ2v) is 9.23. The van der Waals surface area contributed by atoms with Crippen LogP contribution < -0.4 is 5.32 Å². The van der Waals surface area contributed by atoms with Crippen molar-refractivity contribution in [2.45, 2.75) is 52.2 Å². The summed E-state index contributed by atoms with van der Waals surface area (Å²) in [5.41, 5.74) is 4.47. The van der Waals surface area contributed by atoms with Crippen molar-refractivity contribution in [2.24, 2.45) is 11.8 Å². The third-order valence-electron chi connectivity index (χ3n) is 6.79. The normalized spacial score (nSPS) is 24.1. The number of hydrogen-bond donors (Lipinski definition) is 1. The minimum Gasteiger partial charge on any atom is -0.326 e. The molecule has 2 aliphatic rings. The Balaban J connectivity index is 1.29. The smallest absolute Gasteiger partial charge is 0.221 e. The second kappa shape index (κ2) is 9.27. The molecule has 5 nitrogen and oxygen atoms in total. The van der Waals surface area contributed by atoms with Crippen molar-refractivity contribution in [1.29, 1.82) is 0 Å². The van der Waals surface area contributed by atoms with Gasteiger partial charge in [0.1, 0.15) is 0 Å². The van der Waals surface area contributed by atoms with Crippen LogP contribution in [0.3, 0.4) is 0 Å². The molecule has 2 fully saturated rings. The van der Waals surface area contributed by atoms with Crippen LogP contribution in [0.25, 0.3) is 0 Å². The average molecular weight is 407 g/mol. The number of aromatic nitrogens is 1. The molecule has 1 saturated heterocycles. The van der Waals surface area contributed by atoms with Crippen LogP contribution in [-0.4, -0.2) is 46.9 Å². The van der Waals surface area contributed by atoms with E-state index >= 15 is 0 Å². The number of nitrogens with one attached hydrogen (secondary N) is 1. The summed E-state index contributed by atoms with van der Waals surface area (Å²) in [6.07, 6.45) is 3.93. The van der Waals surface area contributed by atoms with Gasteiger partial charge in [-0.1, -0.05) is 18.2 Å². The number of carbonyl (C=O) groups excluding carboxylic acids is 1. The lowest BCUT2D eigenvalue weighted by molar-refractivity contribution is -0.114. The number of carbonyl (C=O) groups is 1. The number of nitrogens with zero attached hydrogens (tertiary/aromatic N) is 3. The molecule has 4 rings (SSSR count). The topological polar surface area (TPSA) is 48.5 Å². The van der Waals surface area contributed by atoms with Gasteiger partial charge >= 0.3 is 0 Å². The van der Waals surface area contributed by atoms with Crippen LogP contribution in [0.15, 0.2) is 42.5 Å². The van der Waals surface area contributed by atoms with Gasteiger partial charge in [-0.2, -0.15) is 0 Å². The standard InChI is InChI=1S/C25H34N4O/c1-18-5-4-6-24(26-18)17-28(3)25-13-21-11-12-29(16-22(21)14-25)15-20-7-9-23(10-8-20)27-19(2)30/h4-10,21-22,25H,11-17H2,1-3H3,(H,27,30)/t21-,22-,25+/m1/s1. The van der Waals surface area contributed by atoms with E-state index in [2.05, 4.69) is 64.4 Å². The number of rotatable bonds is 6. The molecule has 160 valence electrons. The molecule has 5 heteroatoms. The maximum atomic E-state index is 11.2. The van der Waals surface area contributed by atoms with Crippen molar-refractivity contribution in [3.63, 3.8) is 0 Å². The van der Waals surface area contributed by atoms with Crippen molar-refractivity contribution < 1.29 is 4.79 Å². The zero-order valence-electron chi connectivity index (χ0n) is 18.5. The summed E-state index contributed by atoms with van der Waals surface area (Å²) in [6, 6.07) is 15.3. The van der Waals surface area contributed by atoms with E-state index in [9.17, 15) is 4.79 Å². The molecule has 0 spiro atoms. The van der Waals surface area contributed by atoms with Crippen LogP contribution >= 0.6 is 0 Å². The summed E-state index contributed by atoms with van der Waals surface area (Å²) >= 11 is 0. The van der Waals surface area contributed by atoms with Crippen molar-refractivity contribution in [3.8, 4) is 0 Å². The van der Waals surface area contributed by atoms with Crippen LogP contribution in [-0.2, 0) is 17.9 Å². The van der Waals surface area contributed by atoms with E-state index in [-0.39, 0.29) is 5.91 Å². The van der Waals surface area contributed by atoms with Gasteiger partial charge < -0.3 is 5.32 Å². The molecule has 2 aromatic rings. The van der Waals surface area contributed by atoms with Crippen molar-refractivity contribution in [2.75, 3.05) is 25.5 Å². The van der Waals surface area contributed by atoms with Gasteiger partial charge in [0.05, 0.1) is 5.69 Å². The highest BCUT2D eigenvalue weighted by molar-refractivity contribution is 5.88. The highest BCUT2D eigenvalue weighted by Gasteiger charge is 2.39. The highest BCUT2D eigenvalue weighted by atomic mass is 16.1. The summed E-state index contributed by atoms with van der Waals surface area (Å²) < 4.78 is 0. The number of piperidine rings is 1. The lowest BCUT2D eigenvalue weighted by atomic mass is 9.88. The fraction of sp³-hybridized carbons (Fsp3) is 0.520. The van der Waals surface area contributed by atoms with E-state index in [1.54, 1.807) is 6.92 Å². The second-order valence-electron chi connectivity index (χ2n) is 9.23. The number of likely N-dealkylation sites (tertiary alicyclic amines) is 1. The summed E-state index contributed by atoms with van der Waals surface area (Å²) in [5.74, 6) is 1.64. The third kappa shape index (κ3) is 5.27. The van der Waals surface area contributed by atoms with Crippen LogP contribution in [0.2, 0.25) is 0 Å². The summed E-state index contributed by atoms with van der Waals surface area (Å²) in [4.78, 5) is 21.0. The highest BCUT2D eigenvalue weighted by Crippen LogP contribution is 2.40. The maximum absolute atomic E-state index is 11.2. The van der Waals surface area contributed by atoms with Crippen LogP contribution in [0.1, 0.15) is 43.1 Å². The van der Waals surface area contributed by atoms with E-state index < -0.39 is 0 Å². The van der Waals surface area contributed by atoms with Gasteiger partial charge in [-0.15, -0.1) is 0 Å². The third-order valence-corrected chi connectivity index (χ3v) is 6.79. The van der Waals surface area contributed by atoms with Gasteiger partial charge in [0.25, 0.3) is 0 Å². The summed E-state index contributed by atoms with van der Waals surface area (Å²) in [6.45, 7) is 7.93. The summed E-state index contributed by atoms with van der Waals surface area (Å²) in [5, 5.41) is 2.84. The first-order valence-electron chi connectivity index (χ1n) is 11.2. The largest absolute Gasteiger partial charge is 0.326 e. The van der Waals surface area contributed by atoms with E-state index in [0.717, 1.165) is 36.3 Å². The monoisotopic (exact) mass is 406 g/mol. The van der Waals surface area contributed by atoms with E-state index in [0.29, 0.717) is 6.04 Å². The number of fused-ring (bicyclic) bond motifs is 1. The molecule has 1 aliphatic carbocycles. The quantitative estimate of drug-likeness (QED) is 0.785. The molecule has 3 atom stereocenters.